The second-order valence-electron chi connectivity index (χ2n) is 7.44. The standard InChI is InChI=1S/C20H32N2O2/c1-14(2)18-8-7-15(3)13-19(18)24-16(4)20(23)22(6)17-9-11-21(5)12-10-17/h7-8,13-14,16-17H,9-12H2,1-6H3/t16-/m1/s1. The van der Waals surface area contributed by atoms with Gasteiger partial charge in [0.15, 0.2) is 6.10 Å². The van der Waals surface area contributed by atoms with E-state index < -0.39 is 6.10 Å². The molecule has 0 N–H and O–H groups in total. The molecule has 0 saturated carbocycles. The number of hydrogen-bond acceptors (Lipinski definition) is 3. The lowest BCUT2D eigenvalue weighted by Crippen LogP contribution is -2.48. The van der Waals surface area contributed by atoms with Gasteiger partial charge in [-0.2, -0.15) is 0 Å². The van der Waals surface area contributed by atoms with Gasteiger partial charge in [-0.3, -0.25) is 4.79 Å². The fourth-order valence-corrected chi connectivity index (χ4v) is 3.31. The fraction of sp³-hybridized carbons (Fsp3) is 0.650. The molecule has 0 aromatic heterocycles. The normalized spacial score (nSPS) is 17.8. The predicted molar refractivity (Wildman–Crippen MR) is 98.6 cm³/mol. The summed E-state index contributed by atoms with van der Waals surface area (Å²) in [4.78, 5) is 17.0. The number of amides is 1. The molecule has 134 valence electrons. The first-order chi connectivity index (χ1) is 11.3. The summed E-state index contributed by atoms with van der Waals surface area (Å²) in [7, 11) is 4.05. The SMILES string of the molecule is Cc1ccc(C(C)C)c(O[C@H](C)C(=O)N(C)C2CCN(C)CC2)c1. The van der Waals surface area contributed by atoms with Crippen LogP contribution in [0.2, 0.25) is 0 Å². The van der Waals surface area contributed by atoms with E-state index in [1.54, 1.807) is 0 Å². The summed E-state index contributed by atoms with van der Waals surface area (Å²) in [5.41, 5.74) is 2.31. The van der Waals surface area contributed by atoms with Crippen LogP contribution in [0, 0.1) is 6.92 Å². The van der Waals surface area contributed by atoms with Crippen molar-refractivity contribution in [1.29, 1.82) is 0 Å². The number of carbonyl (C=O) groups excluding carboxylic acids is 1. The first-order valence-electron chi connectivity index (χ1n) is 9.02. The van der Waals surface area contributed by atoms with Gasteiger partial charge in [-0.05, 0) is 69.9 Å². The van der Waals surface area contributed by atoms with Gasteiger partial charge in [-0.15, -0.1) is 0 Å². The average Bonchev–Trinajstić information content (AvgIpc) is 2.54. The van der Waals surface area contributed by atoms with Gasteiger partial charge in [0.25, 0.3) is 5.91 Å². The van der Waals surface area contributed by atoms with Gasteiger partial charge in [0, 0.05) is 13.1 Å². The van der Waals surface area contributed by atoms with Gasteiger partial charge in [0.2, 0.25) is 0 Å². The zero-order valence-electron chi connectivity index (χ0n) is 16.0. The zero-order valence-corrected chi connectivity index (χ0v) is 16.0. The van der Waals surface area contributed by atoms with Gasteiger partial charge in [0.1, 0.15) is 5.75 Å². The Labute approximate surface area is 146 Å². The molecule has 0 bridgehead atoms. The monoisotopic (exact) mass is 332 g/mol. The molecule has 1 aliphatic heterocycles. The molecule has 1 atom stereocenters. The summed E-state index contributed by atoms with van der Waals surface area (Å²) in [5, 5.41) is 0. The van der Waals surface area contributed by atoms with Crippen molar-refractivity contribution in [3.63, 3.8) is 0 Å². The van der Waals surface area contributed by atoms with E-state index in [-0.39, 0.29) is 5.91 Å². The van der Waals surface area contributed by atoms with Crippen LogP contribution < -0.4 is 4.74 Å². The second-order valence-corrected chi connectivity index (χ2v) is 7.44. The number of ether oxygens (including phenoxy) is 1. The molecule has 1 aromatic rings. The first kappa shape index (κ1) is 18.8. The quantitative estimate of drug-likeness (QED) is 0.828. The number of hydrogen-bond donors (Lipinski definition) is 0. The van der Waals surface area contributed by atoms with Gasteiger partial charge >= 0.3 is 0 Å². The molecule has 1 saturated heterocycles. The van der Waals surface area contributed by atoms with E-state index >= 15 is 0 Å². The number of piperidine rings is 1. The van der Waals surface area contributed by atoms with E-state index in [1.807, 2.05) is 31.9 Å². The van der Waals surface area contributed by atoms with E-state index in [2.05, 4.69) is 37.9 Å². The van der Waals surface area contributed by atoms with Crippen molar-refractivity contribution in [3.8, 4) is 5.75 Å². The molecule has 1 fully saturated rings. The van der Waals surface area contributed by atoms with Crippen LogP contribution in [0.15, 0.2) is 18.2 Å². The molecule has 1 aliphatic rings. The number of likely N-dealkylation sites (tertiary alicyclic amines) is 1. The fourth-order valence-electron chi connectivity index (χ4n) is 3.31. The Morgan fingerprint density at radius 3 is 2.46 bits per heavy atom. The van der Waals surface area contributed by atoms with Crippen LogP contribution in [0.25, 0.3) is 0 Å². The molecule has 0 unspecified atom stereocenters. The Bertz CT molecular complexity index is 563. The number of aryl methyl sites for hydroxylation is 1. The molecule has 1 amide bonds. The van der Waals surface area contributed by atoms with E-state index in [4.69, 9.17) is 4.74 Å². The molecule has 1 aromatic carbocycles. The lowest BCUT2D eigenvalue weighted by molar-refractivity contribution is -0.139. The lowest BCUT2D eigenvalue weighted by atomic mass is 10.0. The average molecular weight is 332 g/mol. The molecule has 2 rings (SSSR count). The van der Waals surface area contributed by atoms with E-state index in [0.29, 0.717) is 12.0 Å². The maximum Gasteiger partial charge on any atom is 0.263 e. The Morgan fingerprint density at radius 1 is 1.25 bits per heavy atom. The molecule has 0 spiro atoms. The largest absolute Gasteiger partial charge is 0.481 e. The highest BCUT2D eigenvalue weighted by Crippen LogP contribution is 2.28. The van der Waals surface area contributed by atoms with E-state index in [1.165, 1.54) is 0 Å². The van der Waals surface area contributed by atoms with Gasteiger partial charge in [-0.25, -0.2) is 0 Å². The van der Waals surface area contributed by atoms with Crippen LogP contribution in [-0.4, -0.2) is 55.0 Å². The van der Waals surface area contributed by atoms with Crippen molar-refractivity contribution >= 4 is 5.91 Å². The van der Waals surface area contributed by atoms with Gasteiger partial charge < -0.3 is 14.5 Å². The highest BCUT2D eigenvalue weighted by atomic mass is 16.5. The van der Waals surface area contributed by atoms with Crippen LogP contribution in [-0.2, 0) is 4.79 Å². The van der Waals surface area contributed by atoms with Crippen LogP contribution >= 0.6 is 0 Å². The van der Waals surface area contributed by atoms with E-state index in [9.17, 15) is 4.79 Å². The first-order valence-corrected chi connectivity index (χ1v) is 9.02. The third kappa shape index (κ3) is 4.50. The molecule has 4 nitrogen and oxygen atoms in total. The minimum Gasteiger partial charge on any atom is -0.481 e. The van der Waals surface area contributed by atoms with E-state index in [0.717, 1.165) is 42.8 Å². The van der Waals surface area contributed by atoms with Crippen molar-refractivity contribution < 1.29 is 9.53 Å². The smallest absolute Gasteiger partial charge is 0.263 e. The Morgan fingerprint density at radius 2 is 1.88 bits per heavy atom. The third-order valence-electron chi connectivity index (χ3n) is 5.03. The second kappa shape index (κ2) is 8.02. The van der Waals surface area contributed by atoms with Crippen LogP contribution in [0.5, 0.6) is 5.75 Å². The van der Waals surface area contributed by atoms with Gasteiger partial charge in [-0.1, -0.05) is 26.0 Å². The van der Waals surface area contributed by atoms with Crippen molar-refractivity contribution in [2.75, 3.05) is 27.2 Å². The van der Waals surface area contributed by atoms with Crippen LogP contribution in [0.3, 0.4) is 0 Å². The summed E-state index contributed by atoms with van der Waals surface area (Å²) in [6.07, 6.45) is 1.61. The summed E-state index contributed by atoms with van der Waals surface area (Å²) < 4.78 is 6.08. The summed E-state index contributed by atoms with van der Waals surface area (Å²) in [6.45, 7) is 10.3. The summed E-state index contributed by atoms with van der Waals surface area (Å²) in [5.74, 6) is 1.28. The molecule has 1 heterocycles. The molecule has 4 heteroatoms. The maximum atomic E-state index is 12.8. The number of likely N-dealkylation sites (N-methyl/N-ethyl adjacent to an activating group) is 1. The predicted octanol–water partition coefficient (Wildman–Crippen LogP) is 3.44. The third-order valence-corrected chi connectivity index (χ3v) is 5.03. The van der Waals surface area contributed by atoms with Crippen molar-refractivity contribution in [1.82, 2.24) is 9.80 Å². The minimum atomic E-state index is -0.464. The van der Waals surface area contributed by atoms with Crippen molar-refractivity contribution in [2.24, 2.45) is 0 Å². The maximum absolute atomic E-state index is 12.8. The van der Waals surface area contributed by atoms with Gasteiger partial charge in [0.05, 0.1) is 0 Å². The molecular formula is C20H32N2O2. The minimum absolute atomic E-state index is 0.0702. The molecule has 0 radical (unpaired) electrons. The topological polar surface area (TPSA) is 32.8 Å². The molecule has 24 heavy (non-hydrogen) atoms. The summed E-state index contributed by atoms with van der Waals surface area (Å²) in [6, 6.07) is 6.56. The summed E-state index contributed by atoms with van der Waals surface area (Å²) >= 11 is 0. The van der Waals surface area contributed by atoms with Crippen LogP contribution in [0.4, 0.5) is 0 Å². The Balaban J connectivity index is 2.05. The number of nitrogens with zero attached hydrogens (tertiary/aromatic N) is 2. The highest BCUT2D eigenvalue weighted by molar-refractivity contribution is 5.81. The Hall–Kier alpha value is -1.55. The number of rotatable bonds is 5. The number of carbonyl (C=O) groups is 1. The van der Waals surface area contributed by atoms with Crippen LogP contribution in [0.1, 0.15) is 50.7 Å². The number of benzene rings is 1. The van der Waals surface area contributed by atoms with Crippen molar-refractivity contribution in [2.45, 2.75) is 58.6 Å². The lowest BCUT2D eigenvalue weighted by Gasteiger charge is -2.36. The molecular weight excluding hydrogens is 300 g/mol. The van der Waals surface area contributed by atoms with Crippen molar-refractivity contribution in [3.05, 3.63) is 29.3 Å². The highest BCUT2D eigenvalue weighted by Gasteiger charge is 2.28. The Kier molecular flexibility index (Phi) is 6.27. The molecule has 0 aliphatic carbocycles. The zero-order chi connectivity index (χ0) is 17.9.